The molecule has 0 unspecified atom stereocenters. The van der Waals surface area contributed by atoms with Gasteiger partial charge in [0.1, 0.15) is 5.15 Å². The van der Waals surface area contributed by atoms with Crippen molar-refractivity contribution in [3.8, 4) is 0 Å². The van der Waals surface area contributed by atoms with E-state index in [1.807, 2.05) is 24.9 Å². The van der Waals surface area contributed by atoms with Crippen LogP contribution >= 0.6 is 11.6 Å². The van der Waals surface area contributed by atoms with E-state index in [4.69, 9.17) is 16.1 Å². The number of carbonyl (C=O) groups is 1. The highest BCUT2D eigenvalue weighted by Gasteiger charge is 2.19. The third kappa shape index (κ3) is 4.27. The summed E-state index contributed by atoms with van der Waals surface area (Å²) in [6.45, 7) is 4.21. The third-order valence-corrected chi connectivity index (χ3v) is 3.36. The lowest BCUT2D eigenvalue weighted by molar-refractivity contribution is -0.120. The molecule has 0 aromatic carbocycles. The molecule has 2 aromatic rings. The van der Waals surface area contributed by atoms with Crippen LogP contribution in [0.2, 0.25) is 5.15 Å². The Balaban J connectivity index is 1.93. The molecule has 0 saturated carbocycles. The lowest BCUT2D eigenvalue weighted by Gasteiger charge is -2.23. The monoisotopic (exact) mass is 308 g/mol. The number of amides is 1. The number of nitrogens with zero attached hydrogens (tertiary/aromatic N) is 3. The molecule has 1 atom stereocenters. The van der Waals surface area contributed by atoms with Crippen molar-refractivity contribution in [1.29, 1.82) is 0 Å². The summed E-state index contributed by atoms with van der Waals surface area (Å²) in [7, 11) is 1.87. The van der Waals surface area contributed by atoms with E-state index in [-0.39, 0.29) is 11.9 Å². The summed E-state index contributed by atoms with van der Waals surface area (Å²) in [5.74, 6) is 0.196. The normalized spacial score (nSPS) is 12.4. The van der Waals surface area contributed by atoms with Crippen molar-refractivity contribution < 1.29 is 9.32 Å². The summed E-state index contributed by atoms with van der Waals surface area (Å²) in [4.78, 5) is 18.1. The van der Waals surface area contributed by atoms with Crippen molar-refractivity contribution in [3.63, 3.8) is 0 Å². The van der Waals surface area contributed by atoms with Crippen LogP contribution in [0.15, 0.2) is 28.9 Å². The van der Waals surface area contributed by atoms with Gasteiger partial charge < -0.3 is 4.52 Å². The van der Waals surface area contributed by atoms with Gasteiger partial charge in [0, 0.05) is 18.8 Å². The molecule has 0 bridgehead atoms. The molecule has 0 saturated heterocycles. The van der Waals surface area contributed by atoms with E-state index in [9.17, 15) is 4.79 Å². The molecule has 0 radical (unpaired) electrons. The summed E-state index contributed by atoms with van der Waals surface area (Å²) in [5.41, 5.74) is 1.70. The standard InChI is InChI=1S/C14H17ClN4O2/c1-9-6-13(21-18-9)17-14(20)10(2)19(3)8-11-4-5-12(15)16-7-11/h4-7,10H,8H2,1-3H3,(H,17,20)/t10-/m1/s1. The Bertz CT molecular complexity index is 612. The highest BCUT2D eigenvalue weighted by Crippen LogP contribution is 2.12. The van der Waals surface area contributed by atoms with Crippen molar-refractivity contribution in [1.82, 2.24) is 15.0 Å². The fourth-order valence-electron chi connectivity index (χ4n) is 1.77. The molecular formula is C14H17ClN4O2. The van der Waals surface area contributed by atoms with Crippen molar-refractivity contribution >= 4 is 23.4 Å². The molecule has 7 heteroatoms. The molecule has 0 aliphatic carbocycles. The fourth-order valence-corrected chi connectivity index (χ4v) is 1.89. The van der Waals surface area contributed by atoms with Gasteiger partial charge in [-0.2, -0.15) is 0 Å². The molecule has 112 valence electrons. The first-order valence-corrected chi connectivity index (χ1v) is 6.88. The molecule has 2 aromatic heterocycles. The fraction of sp³-hybridized carbons (Fsp3) is 0.357. The predicted octanol–water partition coefficient (Wildman–Crippen LogP) is 2.49. The molecule has 0 spiro atoms. The van der Waals surface area contributed by atoms with Gasteiger partial charge in [0.05, 0.1) is 11.7 Å². The van der Waals surface area contributed by atoms with Crippen LogP contribution in [-0.4, -0.2) is 34.0 Å². The van der Waals surface area contributed by atoms with Gasteiger partial charge in [-0.1, -0.05) is 22.8 Å². The van der Waals surface area contributed by atoms with Crippen molar-refractivity contribution in [3.05, 3.63) is 40.8 Å². The molecule has 2 rings (SSSR count). The van der Waals surface area contributed by atoms with Crippen LogP contribution in [0.4, 0.5) is 5.88 Å². The number of likely N-dealkylation sites (N-methyl/N-ethyl adjacent to an activating group) is 1. The average molecular weight is 309 g/mol. The smallest absolute Gasteiger partial charge is 0.243 e. The zero-order valence-corrected chi connectivity index (χ0v) is 12.9. The maximum atomic E-state index is 12.1. The Hall–Kier alpha value is -1.92. The second-order valence-electron chi connectivity index (χ2n) is 4.90. The Morgan fingerprint density at radius 2 is 2.29 bits per heavy atom. The zero-order valence-electron chi connectivity index (χ0n) is 12.1. The van der Waals surface area contributed by atoms with E-state index in [2.05, 4.69) is 15.5 Å². The quantitative estimate of drug-likeness (QED) is 0.859. The number of hydrogen-bond donors (Lipinski definition) is 1. The third-order valence-electron chi connectivity index (χ3n) is 3.14. The number of aryl methyl sites for hydroxylation is 1. The Labute approximate surface area is 128 Å². The maximum Gasteiger partial charge on any atom is 0.243 e. The molecule has 21 heavy (non-hydrogen) atoms. The van der Waals surface area contributed by atoms with E-state index < -0.39 is 0 Å². The molecular weight excluding hydrogens is 292 g/mol. The van der Waals surface area contributed by atoms with E-state index in [0.29, 0.717) is 17.6 Å². The van der Waals surface area contributed by atoms with Crippen molar-refractivity contribution in [2.75, 3.05) is 12.4 Å². The van der Waals surface area contributed by atoms with Gasteiger partial charge in [-0.3, -0.25) is 15.0 Å². The van der Waals surface area contributed by atoms with E-state index in [1.54, 1.807) is 25.3 Å². The second-order valence-corrected chi connectivity index (χ2v) is 5.29. The topological polar surface area (TPSA) is 71.3 Å². The molecule has 0 fully saturated rings. The van der Waals surface area contributed by atoms with Crippen LogP contribution in [-0.2, 0) is 11.3 Å². The SMILES string of the molecule is Cc1cc(NC(=O)[C@@H](C)N(C)Cc2ccc(Cl)nc2)on1. The Morgan fingerprint density at radius 3 is 2.86 bits per heavy atom. The van der Waals surface area contributed by atoms with Crippen molar-refractivity contribution in [2.24, 2.45) is 0 Å². The van der Waals surface area contributed by atoms with Crippen molar-refractivity contribution in [2.45, 2.75) is 26.4 Å². The number of rotatable bonds is 5. The number of pyridine rings is 1. The molecule has 1 amide bonds. The van der Waals surface area contributed by atoms with Crippen LogP contribution in [0.1, 0.15) is 18.2 Å². The number of nitrogens with one attached hydrogen (secondary N) is 1. The first-order valence-electron chi connectivity index (χ1n) is 6.50. The van der Waals surface area contributed by atoms with E-state index >= 15 is 0 Å². The van der Waals surface area contributed by atoms with E-state index in [1.165, 1.54) is 0 Å². The average Bonchev–Trinajstić information content (AvgIpc) is 2.85. The summed E-state index contributed by atoms with van der Waals surface area (Å²) >= 11 is 5.75. The first kappa shape index (κ1) is 15.5. The summed E-state index contributed by atoms with van der Waals surface area (Å²) < 4.78 is 4.97. The van der Waals surface area contributed by atoms with Gasteiger partial charge in [-0.25, -0.2) is 4.98 Å². The number of hydrogen-bond acceptors (Lipinski definition) is 5. The molecule has 2 heterocycles. The molecule has 0 aliphatic heterocycles. The summed E-state index contributed by atoms with van der Waals surface area (Å²) in [5, 5.41) is 6.87. The van der Waals surface area contributed by atoms with Gasteiger partial charge in [-0.15, -0.1) is 0 Å². The molecule has 1 N–H and O–H groups in total. The lowest BCUT2D eigenvalue weighted by Crippen LogP contribution is -2.39. The molecule has 6 nitrogen and oxygen atoms in total. The minimum atomic E-state index is -0.328. The summed E-state index contributed by atoms with van der Waals surface area (Å²) in [6, 6.07) is 4.96. The van der Waals surface area contributed by atoms with Crippen LogP contribution in [0.25, 0.3) is 0 Å². The van der Waals surface area contributed by atoms with Gasteiger partial charge >= 0.3 is 0 Å². The second kappa shape index (κ2) is 6.69. The Kier molecular flexibility index (Phi) is 4.93. The number of anilines is 1. The van der Waals surface area contributed by atoms with E-state index in [0.717, 1.165) is 11.3 Å². The number of carbonyl (C=O) groups excluding carboxylic acids is 1. The number of halogens is 1. The van der Waals surface area contributed by atoms with Crippen LogP contribution < -0.4 is 5.32 Å². The first-order chi connectivity index (χ1) is 9.95. The predicted molar refractivity (Wildman–Crippen MR) is 80.0 cm³/mol. The largest absolute Gasteiger partial charge is 0.338 e. The minimum absolute atomic E-state index is 0.157. The highest BCUT2D eigenvalue weighted by molar-refractivity contribution is 6.29. The highest BCUT2D eigenvalue weighted by atomic mass is 35.5. The summed E-state index contributed by atoms with van der Waals surface area (Å²) in [6.07, 6.45) is 1.70. The minimum Gasteiger partial charge on any atom is -0.338 e. The van der Waals surface area contributed by atoms with Crippen LogP contribution in [0, 0.1) is 6.92 Å². The van der Waals surface area contributed by atoms with Crippen LogP contribution in [0.3, 0.4) is 0 Å². The zero-order chi connectivity index (χ0) is 15.4. The van der Waals surface area contributed by atoms with Gasteiger partial charge in [-0.05, 0) is 32.5 Å². The van der Waals surface area contributed by atoms with Gasteiger partial charge in [0.15, 0.2) is 0 Å². The van der Waals surface area contributed by atoms with Gasteiger partial charge in [0.2, 0.25) is 11.8 Å². The molecule has 0 aliphatic rings. The Morgan fingerprint density at radius 1 is 1.52 bits per heavy atom. The van der Waals surface area contributed by atoms with Crippen LogP contribution in [0.5, 0.6) is 0 Å². The van der Waals surface area contributed by atoms with Gasteiger partial charge in [0.25, 0.3) is 0 Å². The number of aromatic nitrogens is 2. The maximum absolute atomic E-state index is 12.1. The lowest BCUT2D eigenvalue weighted by atomic mass is 10.2.